The van der Waals surface area contributed by atoms with Gasteiger partial charge in [-0.1, -0.05) is 30.4 Å². The van der Waals surface area contributed by atoms with E-state index in [4.69, 9.17) is 18.0 Å². The summed E-state index contributed by atoms with van der Waals surface area (Å²) in [7, 11) is 0. The molecule has 0 aliphatic carbocycles. The van der Waals surface area contributed by atoms with Crippen molar-refractivity contribution in [1.29, 1.82) is 0 Å². The fourth-order valence-corrected chi connectivity index (χ4v) is 2.01. The van der Waals surface area contributed by atoms with Crippen molar-refractivity contribution in [3.8, 4) is 0 Å². The average molecular weight is 306 g/mol. The van der Waals surface area contributed by atoms with Crippen LogP contribution < -0.4 is 11.1 Å². The number of hydrogen-bond donors (Lipinski definition) is 2. The second-order valence-corrected chi connectivity index (χ2v) is 4.82. The second-order valence-electron chi connectivity index (χ2n) is 4.38. The SMILES string of the molecule is NC(=S)c1ccccc1NC(=O)Cc1ccc(F)c(F)c1. The van der Waals surface area contributed by atoms with Gasteiger partial charge in [0.25, 0.3) is 0 Å². The summed E-state index contributed by atoms with van der Waals surface area (Å²) in [6.07, 6.45) is -0.0805. The molecule has 2 aromatic carbocycles. The normalized spacial score (nSPS) is 10.2. The van der Waals surface area contributed by atoms with Gasteiger partial charge < -0.3 is 11.1 Å². The first-order chi connectivity index (χ1) is 9.97. The van der Waals surface area contributed by atoms with Gasteiger partial charge in [-0.2, -0.15) is 0 Å². The second kappa shape index (κ2) is 6.41. The number of hydrogen-bond acceptors (Lipinski definition) is 2. The zero-order chi connectivity index (χ0) is 15.4. The number of carbonyl (C=O) groups is 1. The molecular formula is C15H12F2N2OS. The van der Waals surface area contributed by atoms with Crippen LogP contribution in [0.1, 0.15) is 11.1 Å². The first kappa shape index (κ1) is 15.1. The number of rotatable bonds is 4. The van der Waals surface area contributed by atoms with E-state index in [0.29, 0.717) is 16.8 Å². The first-order valence-electron chi connectivity index (χ1n) is 6.10. The van der Waals surface area contributed by atoms with E-state index in [1.165, 1.54) is 6.07 Å². The number of halogens is 2. The van der Waals surface area contributed by atoms with Crippen LogP contribution in [0.15, 0.2) is 42.5 Å². The highest BCUT2D eigenvalue weighted by atomic mass is 32.1. The average Bonchev–Trinajstić information content (AvgIpc) is 2.43. The Bertz CT molecular complexity index is 704. The van der Waals surface area contributed by atoms with E-state index in [2.05, 4.69) is 5.32 Å². The van der Waals surface area contributed by atoms with E-state index < -0.39 is 11.6 Å². The maximum absolute atomic E-state index is 13.1. The smallest absolute Gasteiger partial charge is 0.228 e. The molecule has 0 aliphatic heterocycles. The van der Waals surface area contributed by atoms with Crippen LogP contribution in [0.3, 0.4) is 0 Å². The maximum atomic E-state index is 13.1. The Balaban J connectivity index is 2.12. The van der Waals surface area contributed by atoms with Crippen LogP contribution >= 0.6 is 12.2 Å². The molecule has 0 heterocycles. The van der Waals surface area contributed by atoms with Gasteiger partial charge in [-0.25, -0.2) is 8.78 Å². The summed E-state index contributed by atoms with van der Waals surface area (Å²) in [5.74, 6) is -2.30. The molecule has 0 aliphatic rings. The minimum Gasteiger partial charge on any atom is -0.389 e. The summed E-state index contributed by atoms with van der Waals surface area (Å²) in [6, 6.07) is 10.2. The van der Waals surface area contributed by atoms with Crippen molar-refractivity contribution in [3.63, 3.8) is 0 Å². The summed E-state index contributed by atoms with van der Waals surface area (Å²) in [5, 5.41) is 2.65. The summed E-state index contributed by atoms with van der Waals surface area (Å²) in [4.78, 5) is 12.1. The van der Waals surface area contributed by atoms with Crippen LogP contribution in [-0.2, 0) is 11.2 Å². The summed E-state index contributed by atoms with van der Waals surface area (Å²) < 4.78 is 25.9. The molecule has 108 valence electrons. The largest absolute Gasteiger partial charge is 0.389 e. The van der Waals surface area contributed by atoms with Crippen LogP contribution in [0.5, 0.6) is 0 Å². The number of thiocarbonyl (C=S) groups is 1. The maximum Gasteiger partial charge on any atom is 0.228 e. The van der Waals surface area contributed by atoms with Crippen molar-refractivity contribution in [1.82, 2.24) is 0 Å². The van der Waals surface area contributed by atoms with Gasteiger partial charge in [0.1, 0.15) is 4.99 Å². The molecule has 0 fully saturated rings. The number of anilines is 1. The van der Waals surface area contributed by atoms with Gasteiger partial charge in [0, 0.05) is 5.56 Å². The molecule has 2 rings (SSSR count). The summed E-state index contributed by atoms with van der Waals surface area (Å²) in [6.45, 7) is 0. The van der Waals surface area contributed by atoms with Crippen molar-refractivity contribution in [2.24, 2.45) is 5.73 Å². The minimum absolute atomic E-state index is 0.0805. The Kier molecular flexibility index (Phi) is 4.59. The Morgan fingerprint density at radius 1 is 1.14 bits per heavy atom. The number of nitrogens with two attached hydrogens (primary N) is 1. The van der Waals surface area contributed by atoms with Gasteiger partial charge >= 0.3 is 0 Å². The van der Waals surface area contributed by atoms with Crippen molar-refractivity contribution >= 4 is 28.8 Å². The molecule has 0 spiro atoms. The topological polar surface area (TPSA) is 55.1 Å². The lowest BCUT2D eigenvalue weighted by atomic mass is 10.1. The molecule has 3 N–H and O–H groups in total. The summed E-state index contributed by atoms with van der Waals surface area (Å²) in [5.41, 5.74) is 6.97. The predicted octanol–water partition coefficient (Wildman–Crippen LogP) is 2.78. The molecule has 0 aromatic heterocycles. The lowest BCUT2D eigenvalue weighted by Gasteiger charge is -2.10. The fraction of sp³-hybridized carbons (Fsp3) is 0.0667. The summed E-state index contributed by atoms with van der Waals surface area (Å²) >= 11 is 4.90. The van der Waals surface area contributed by atoms with Gasteiger partial charge in [-0.15, -0.1) is 0 Å². The molecule has 0 unspecified atom stereocenters. The lowest BCUT2D eigenvalue weighted by molar-refractivity contribution is -0.115. The molecule has 0 saturated heterocycles. The van der Waals surface area contributed by atoms with E-state index in [-0.39, 0.29) is 17.3 Å². The molecule has 21 heavy (non-hydrogen) atoms. The standard InChI is InChI=1S/C15H12F2N2OS/c16-11-6-5-9(7-12(11)17)8-14(20)19-13-4-2-1-3-10(13)15(18)21/h1-7H,8H2,(H2,18,21)(H,19,20). The molecule has 0 saturated carbocycles. The zero-order valence-electron chi connectivity index (χ0n) is 10.9. The first-order valence-corrected chi connectivity index (χ1v) is 6.51. The monoisotopic (exact) mass is 306 g/mol. The molecule has 0 atom stereocenters. The quantitative estimate of drug-likeness (QED) is 0.854. The van der Waals surface area contributed by atoms with Gasteiger partial charge in [-0.3, -0.25) is 4.79 Å². The van der Waals surface area contributed by atoms with Crippen molar-refractivity contribution in [2.75, 3.05) is 5.32 Å². The Hall–Kier alpha value is -2.34. The van der Waals surface area contributed by atoms with E-state index in [1.807, 2.05) is 0 Å². The van der Waals surface area contributed by atoms with E-state index in [0.717, 1.165) is 12.1 Å². The highest BCUT2D eigenvalue weighted by molar-refractivity contribution is 7.80. The van der Waals surface area contributed by atoms with Crippen LogP contribution in [0.2, 0.25) is 0 Å². The number of nitrogens with one attached hydrogen (secondary N) is 1. The van der Waals surface area contributed by atoms with Crippen molar-refractivity contribution in [3.05, 3.63) is 65.2 Å². The molecule has 1 amide bonds. The molecule has 6 heteroatoms. The molecule has 0 bridgehead atoms. The Labute approximate surface area is 125 Å². The molecular weight excluding hydrogens is 294 g/mol. The van der Waals surface area contributed by atoms with Crippen molar-refractivity contribution < 1.29 is 13.6 Å². The predicted molar refractivity (Wildman–Crippen MR) is 81.0 cm³/mol. The van der Waals surface area contributed by atoms with Crippen LogP contribution in [0.4, 0.5) is 14.5 Å². The number of amides is 1. The fourth-order valence-electron chi connectivity index (χ4n) is 1.84. The minimum atomic E-state index is -0.983. The van der Waals surface area contributed by atoms with E-state index in [1.54, 1.807) is 24.3 Å². The van der Waals surface area contributed by atoms with Gasteiger partial charge in [0.05, 0.1) is 12.1 Å². The zero-order valence-corrected chi connectivity index (χ0v) is 11.7. The van der Waals surface area contributed by atoms with E-state index >= 15 is 0 Å². The Morgan fingerprint density at radius 2 is 1.86 bits per heavy atom. The molecule has 0 radical (unpaired) electrons. The highest BCUT2D eigenvalue weighted by Gasteiger charge is 2.10. The third kappa shape index (κ3) is 3.82. The number of carbonyl (C=O) groups excluding carboxylic acids is 1. The number of benzene rings is 2. The van der Waals surface area contributed by atoms with Crippen molar-refractivity contribution in [2.45, 2.75) is 6.42 Å². The Morgan fingerprint density at radius 3 is 2.52 bits per heavy atom. The highest BCUT2D eigenvalue weighted by Crippen LogP contribution is 2.16. The van der Waals surface area contributed by atoms with Gasteiger partial charge in [0.15, 0.2) is 11.6 Å². The third-order valence-corrected chi connectivity index (χ3v) is 3.04. The third-order valence-electron chi connectivity index (χ3n) is 2.82. The molecule has 2 aromatic rings. The lowest BCUT2D eigenvalue weighted by Crippen LogP contribution is -2.19. The van der Waals surface area contributed by atoms with Gasteiger partial charge in [0.2, 0.25) is 5.91 Å². The van der Waals surface area contributed by atoms with E-state index in [9.17, 15) is 13.6 Å². The van der Waals surface area contributed by atoms with Crippen LogP contribution in [-0.4, -0.2) is 10.9 Å². The number of para-hydroxylation sites is 1. The molecule has 3 nitrogen and oxygen atoms in total. The van der Waals surface area contributed by atoms with Crippen LogP contribution in [0, 0.1) is 11.6 Å². The van der Waals surface area contributed by atoms with Crippen LogP contribution in [0.25, 0.3) is 0 Å². The van der Waals surface area contributed by atoms with Gasteiger partial charge in [-0.05, 0) is 29.8 Å².